The Labute approximate surface area is 183 Å². The lowest BCUT2D eigenvalue weighted by molar-refractivity contribution is -0.125. The van der Waals surface area contributed by atoms with Gasteiger partial charge in [0.15, 0.2) is 0 Å². The van der Waals surface area contributed by atoms with E-state index < -0.39 is 0 Å². The minimum atomic E-state index is -0.215. The Morgan fingerprint density at radius 1 is 0.935 bits per heavy atom. The molecule has 0 heterocycles. The molecule has 3 rings (SSSR count). The van der Waals surface area contributed by atoms with E-state index in [0.717, 1.165) is 42.5 Å². The molecule has 0 radical (unpaired) electrons. The average Bonchev–Trinajstić information content (AvgIpc) is 2.72. The van der Waals surface area contributed by atoms with Crippen molar-refractivity contribution in [2.75, 3.05) is 23.7 Å². The van der Waals surface area contributed by atoms with Crippen LogP contribution in [-0.2, 0) is 14.4 Å². The van der Waals surface area contributed by atoms with Crippen LogP contribution in [0, 0.1) is 5.92 Å². The molecule has 162 valence electrons. The Morgan fingerprint density at radius 2 is 1.48 bits per heavy atom. The first-order valence-corrected chi connectivity index (χ1v) is 10.8. The molecule has 2 aromatic carbocycles. The monoisotopic (exact) mass is 419 g/mol. The Kier molecular flexibility index (Phi) is 7.98. The zero-order valence-electron chi connectivity index (χ0n) is 17.8. The van der Waals surface area contributed by atoms with Crippen LogP contribution in [0.5, 0.6) is 0 Å². The summed E-state index contributed by atoms with van der Waals surface area (Å²) >= 11 is 0. The summed E-state index contributed by atoms with van der Waals surface area (Å²) in [7, 11) is 0. The Morgan fingerprint density at radius 3 is 1.94 bits per heavy atom. The molecular formula is C25H29N3O3. The van der Waals surface area contributed by atoms with E-state index in [9.17, 15) is 14.4 Å². The number of rotatable bonds is 10. The van der Waals surface area contributed by atoms with Gasteiger partial charge in [-0.2, -0.15) is 0 Å². The predicted octanol–water partition coefficient (Wildman–Crippen LogP) is 4.40. The van der Waals surface area contributed by atoms with Gasteiger partial charge in [-0.15, -0.1) is 0 Å². The smallest absolute Gasteiger partial charge is 0.243 e. The van der Waals surface area contributed by atoms with Crippen LogP contribution in [0.4, 0.5) is 11.4 Å². The molecule has 1 fully saturated rings. The number of hydrogen-bond donors (Lipinski definition) is 2. The number of anilines is 2. The summed E-state index contributed by atoms with van der Waals surface area (Å²) in [6.45, 7) is 2.58. The van der Waals surface area contributed by atoms with Gasteiger partial charge < -0.3 is 15.5 Å². The fourth-order valence-corrected chi connectivity index (χ4v) is 3.30. The van der Waals surface area contributed by atoms with Crippen LogP contribution in [0.3, 0.4) is 0 Å². The molecule has 1 aliphatic rings. The lowest BCUT2D eigenvalue weighted by Gasteiger charge is -2.24. The summed E-state index contributed by atoms with van der Waals surface area (Å²) < 4.78 is 0. The molecule has 0 unspecified atom stereocenters. The normalized spacial score (nSPS) is 13.5. The maximum absolute atomic E-state index is 12.1. The number of nitrogens with zero attached hydrogens (tertiary/aromatic N) is 1. The Bertz CT molecular complexity index is 916. The topological polar surface area (TPSA) is 78.5 Å². The number of amides is 3. The molecule has 0 bridgehead atoms. The second-order valence-corrected chi connectivity index (χ2v) is 7.82. The fourth-order valence-electron chi connectivity index (χ4n) is 3.30. The minimum Gasteiger partial charge on any atom is -0.336 e. The fraction of sp³-hybridized carbons (Fsp3) is 0.320. The molecule has 6 heteroatoms. The van der Waals surface area contributed by atoms with Crippen molar-refractivity contribution in [3.05, 3.63) is 59.7 Å². The maximum atomic E-state index is 12.1. The van der Waals surface area contributed by atoms with E-state index in [1.165, 1.54) is 4.90 Å². The molecule has 0 atom stereocenters. The first-order chi connectivity index (χ1) is 15.1. The zero-order chi connectivity index (χ0) is 22.1. The standard InChI is InChI=1S/C25H29N3O3/c1-2-16-28(18-29)17-24(30)26-22-12-8-19(9-13-22)6-7-20-10-14-23(15-11-20)27-25(31)21-4-3-5-21/h6-15,18,21H,2-5,16-17H2,1H3,(H,26,30)(H,27,31)/b7-6+. The van der Waals surface area contributed by atoms with Crippen LogP contribution in [-0.4, -0.2) is 36.2 Å². The van der Waals surface area contributed by atoms with Gasteiger partial charge in [0.2, 0.25) is 18.2 Å². The first-order valence-electron chi connectivity index (χ1n) is 10.8. The quantitative estimate of drug-likeness (QED) is 0.442. The van der Waals surface area contributed by atoms with Crippen molar-refractivity contribution in [3.8, 4) is 0 Å². The molecule has 0 saturated heterocycles. The van der Waals surface area contributed by atoms with Crippen molar-refractivity contribution >= 4 is 41.8 Å². The summed E-state index contributed by atoms with van der Waals surface area (Å²) in [6, 6.07) is 15.3. The van der Waals surface area contributed by atoms with Gasteiger partial charge in [-0.05, 0) is 54.7 Å². The molecule has 1 aliphatic carbocycles. The van der Waals surface area contributed by atoms with Crippen molar-refractivity contribution in [1.29, 1.82) is 0 Å². The highest BCUT2D eigenvalue weighted by atomic mass is 16.2. The van der Waals surface area contributed by atoms with Gasteiger partial charge >= 0.3 is 0 Å². The summed E-state index contributed by atoms with van der Waals surface area (Å²) in [5.74, 6) is 0.0758. The predicted molar refractivity (Wildman–Crippen MR) is 124 cm³/mol. The van der Waals surface area contributed by atoms with Gasteiger partial charge in [0.1, 0.15) is 0 Å². The number of carbonyl (C=O) groups excluding carboxylic acids is 3. The van der Waals surface area contributed by atoms with Gasteiger partial charge in [0.25, 0.3) is 0 Å². The summed E-state index contributed by atoms with van der Waals surface area (Å²) in [5.41, 5.74) is 3.54. The molecule has 1 saturated carbocycles. The van der Waals surface area contributed by atoms with Crippen LogP contribution < -0.4 is 10.6 Å². The highest BCUT2D eigenvalue weighted by Gasteiger charge is 2.24. The highest BCUT2D eigenvalue weighted by Crippen LogP contribution is 2.27. The van der Waals surface area contributed by atoms with Crippen molar-refractivity contribution in [2.24, 2.45) is 5.92 Å². The van der Waals surface area contributed by atoms with Gasteiger partial charge in [-0.1, -0.05) is 49.8 Å². The van der Waals surface area contributed by atoms with E-state index >= 15 is 0 Å². The maximum Gasteiger partial charge on any atom is 0.243 e. The third kappa shape index (κ3) is 6.81. The van der Waals surface area contributed by atoms with Crippen LogP contribution in [0.25, 0.3) is 12.2 Å². The number of benzene rings is 2. The van der Waals surface area contributed by atoms with Crippen molar-refractivity contribution in [1.82, 2.24) is 4.90 Å². The Hall–Kier alpha value is -3.41. The molecule has 2 N–H and O–H groups in total. The second kappa shape index (κ2) is 11.1. The van der Waals surface area contributed by atoms with Crippen LogP contribution in [0.2, 0.25) is 0 Å². The average molecular weight is 420 g/mol. The summed E-state index contributed by atoms with van der Waals surface area (Å²) in [4.78, 5) is 36.5. The van der Waals surface area contributed by atoms with Gasteiger partial charge in [0.05, 0.1) is 6.54 Å². The molecule has 0 aliphatic heterocycles. The SMILES string of the molecule is CCCN(C=O)CC(=O)Nc1ccc(/C=C/c2ccc(NC(=O)C3CCC3)cc2)cc1. The molecular weight excluding hydrogens is 390 g/mol. The van der Waals surface area contributed by atoms with E-state index in [-0.39, 0.29) is 24.3 Å². The third-order valence-electron chi connectivity index (χ3n) is 5.32. The summed E-state index contributed by atoms with van der Waals surface area (Å²) in [6.07, 6.45) is 8.63. The molecule has 2 aromatic rings. The number of hydrogen-bond acceptors (Lipinski definition) is 3. The van der Waals surface area contributed by atoms with Crippen molar-refractivity contribution in [2.45, 2.75) is 32.6 Å². The van der Waals surface area contributed by atoms with E-state index in [0.29, 0.717) is 18.6 Å². The van der Waals surface area contributed by atoms with E-state index in [1.54, 1.807) is 0 Å². The second-order valence-electron chi connectivity index (χ2n) is 7.82. The molecule has 6 nitrogen and oxygen atoms in total. The molecule has 31 heavy (non-hydrogen) atoms. The zero-order valence-corrected chi connectivity index (χ0v) is 17.8. The van der Waals surface area contributed by atoms with Gasteiger partial charge in [-0.3, -0.25) is 14.4 Å². The highest BCUT2D eigenvalue weighted by molar-refractivity contribution is 5.94. The van der Waals surface area contributed by atoms with Crippen molar-refractivity contribution < 1.29 is 14.4 Å². The lowest BCUT2D eigenvalue weighted by Crippen LogP contribution is -2.32. The summed E-state index contributed by atoms with van der Waals surface area (Å²) in [5, 5.41) is 5.78. The third-order valence-corrected chi connectivity index (χ3v) is 5.32. The lowest BCUT2D eigenvalue weighted by atomic mass is 9.85. The van der Waals surface area contributed by atoms with Gasteiger partial charge in [-0.25, -0.2) is 0 Å². The van der Waals surface area contributed by atoms with Crippen LogP contribution in [0.15, 0.2) is 48.5 Å². The minimum absolute atomic E-state index is 0.0517. The van der Waals surface area contributed by atoms with Gasteiger partial charge in [0, 0.05) is 23.8 Å². The van der Waals surface area contributed by atoms with Crippen LogP contribution >= 0.6 is 0 Å². The van der Waals surface area contributed by atoms with E-state index in [1.807, 2.05) is 67.6 Å². The first kappa shape index (κ1) is 22.3. The Balaban J connectivity index is 1.50. The molecule has 3 amide bonds. The molecule has 0 spiro atoms. The van der Waals surface area contributed by atoms with E-state index in [2.05, 4.69) is 10.6 Å². The van der Waals surface area contributed by atoms with Crippen molar-refractivity contribution in [3.63, 3.8) is 0 Å². The van der Waals surface area contributed by atoms with E-state index in [4.69, 9.17) is 0 Å². The van der Waals surface area contributed by atoms with Crippen LogP contribution in [0.1, 0.15) is 43.7 Å². The number of carbonyl (C=O) groups is 3. The number of nitrogens with one attached hydrogen (secondary N) is 2. The molecule has 0 aromatic heterocycles. The largest absolute Gasteiger partial charge is 0.336 e.